The van der Waals surface area contributed by atoms with Gasteiger partial charge in [0.25, 0.3) is 0 Å². The van der Waals surface area contributed by atoms with E-state index in [9.17, 15) is 0 Å². The molecule has 1 aromatic carbocycles. The summed E-state index contributed by atoms with van der Waals surface area (Å²) in [7, 11) is 1.73. The first-order valence-electron chi connectivity index (χ1n) is 5.32. The third-order valence-corrected chi connectivity index (χ3v) is 2.47. The maximum Gasteiger partial charge on any atom is 0.124 e. The van der Waals surface area contributed by atoms with Gasteiger partial charge in [-0.1, -0.05) is 23.8 Å². The summed E-state index contributed by atoms with van der Waals surface area (Å²) in [5, 5.41) is 0. The van der Waals surface area contributed by atoms with Crippen LogP contribution in [0.1, 0.15) is 30.5 Å². The number of hydrogen-bond acceptors (Lipinski definition) is 1. The van der Waals surface area contributed by atoms with E-state index < -0.39 is 0 Å². The SMILES string of the molecule is COc1c(C)cc(CC=C(C)C)cc1C. The molecule has 0 saturated carbocycles. The number of aryl methyl sites for hydroxylation is 2. The molecule has 1 nitrogen and oxygen atoms in total. The second-order valence-corrected chi connectivity index (χ2v) is 4.25. The van der Waals surface area contributed by atoms with E-state index in [1.54, 1.807) is 7.11 Å². The summed E-state index contributed by atoms with van der Waals surface area (Å²) in [4.78, 5) is 0. The van der Waals surface area contributed by atoms with Gasteiger partial charge in [-0.25, -0.2) is 0 Å². The van der Waals surface area contributed by atoms with Crippen molar-refractivity contribution >= 4 is 0 Å². The molecule has 0 atom stereocenters. The molecule has 0 aromatic heterocycles. The molecule has 0 bridgehead atoms. The van der Waals surface area contributed by atoms with Gasteiger partial charge in [-0.2, -0.15) is 0 Å². The van der Waals surface area contributed by atoms with Gasteiger partial charge in [-0.05, 0) is 50.8 Å². The van der Waals surface area contributed by atoms with Crippen LogP contribution in [0.15, 0.2) is 23.8 Å². The van der Waals surface area contributed by atoms with Crippen molar-refractivity contribution in [2.24, 2.45) is 0 Å². The fourth-order valence-electron chi connectivity index (χ4n) is 1.80. The van der Waals surface area contributed by atoms with Crippen LogP contribution in [-0.2, 0) is 6.42 Å². The van der Waals surface area contributed by atoms with E-state index in [4.69, 9.17) is 4.74 Å². The standard InChI is InChI=1S/C14H20O/c1-10(2)6-7-13-8-11(3)14(15-5)12(4)9-13/h6,8-9H,7H2,1-5H3. The van der Waals surface area contributed by atoms with E-state index in [0.29, 0.717) is 0 Å². The molecule has 1 heteroatoms. The van der Waals surface area contributed by atoms with Crippen molar-refractivity contribution in [1.29, 1.82) is 0 Å². The topological polar surface area (TPSA) is 9.23 Å². The Labute approximate surface area is 92.8 Å². The van der Waals surface area contributed by atoms with E-state index >= 15 is 0 Å². The zero-order valence-corrected chi connectivity index (χ0v) is 10.3. The molecular formula is C14H20O. The van der Waals surface area contributed by atoms with Crippen molar-refractivity contribution in [1.82, 2.24) is 0 Å². The lowest BCUT2D eigenvalue weighted by Crippen LogP contribution is -1.93. The Morgan fingerprint density at radius 1 is 1.20 bits per heavy atom. The van der Waals surface area contributed by atoms with Gasteiger partial charge >= 0.3 is 0 Å². The summed E-state index contributed by atoms with van der Waals surface area (Å²) in [6.07, 6.45) is 3.26. The molecule has 0 N–H and O–H groups in total. The van der Waals surface area contributed by atoms with Crippen LogP contribution in [0.5, 0.6) is 5.75 Å². The summed E-state index contributed by atoms with van der Waals surface area (Å²) in [6.45, 7) is 8.45. The third-order valence-electron chi connectivity index (χ3n) is 2.47. The van der Waals surface area contributed by atoms with Crippen LogP contribution in [0.25, 0.3) is 0 Å². The van der Waals surface area contributed by atoms with Crippen LogP contribution in [-0.4, -0.2) is 7.11 Å². The first-order chi connectivity index (χ1) is 7.04. The summed E-state index contributed by atoms with van der Waals surface area (Å²) in [5.41, 5.74) is 5.15. The Kier molecular flexibility index (Phi) is 3.96. The molecule has 0 amide bonds. The minimum absolute atomic E-state index is 1.01. The first-order valence-corrected chi connectivity index (χ1v) is 5.32. The van der Waals surface area contributed by atoms with Crippen LogP contribution in [0, 0.1) is 13.8 Å². The van der Waals surface area contributed by atoms with Crippen LogP contribution in [0.3, 0.4) is 0 Å². The Morgan fingerprint density at radius 2 is 1.73 bits per heavy atom. The summed E-state index contributed by atoms with van der Waals surface area (Å²) >= 11 is 0. The van der Waals surface area contributed by atoms with Gasteiger partial charge in [0.2, 0.25) is 0 Å². The molecule has 0 unspecified atom stereocenters. The predicted octanol–water partition coefficient (Wildman–Crippen LogP) is 3.82. The van der Waals surface area contributed by atoms with Crippen LogP contribution in [0.2, 0.25) is 0 Å². The zero-order valence-electron chi connectivity index (χ0n) is 10.3. The lowest BCUT2D eigenvalue weighted by molar-refractivity contribution is 0.408. The second kappa shape index (κ2) is 5.01. The molecule has 82 valence electrons. The Bertz CT molecular complexity index is 348. The number of methoxy groups -OCH3 is 1. The van der Waals surface area contributed by atoms with Crippen LogP contribution < -0.4 is 4.74 Å². The maximum atomic E-state index is 5.34. The first kappa shape index (κ1) is 11.8. The highest BCUT2D eigenvalue weighted by Crippen LogP contribution is 2.24. The highest BCUT2D eigenvalue weighted by Gasteiger charge is 2.03. The third kappa shape index (κ3) is 3.12. The lowest BCUT2D eigenvalue weighted by atomic mass is 10.0. The summed E-state index contributed by atoms with van der Waals surface area (Å²) in [6, 6.07) is 4.40. The number of benzene rings is 1. The summed E-state index contributed by atoms with van der Waals surface area (Å²) in [5.74, 6) is 1.01. The van der Waals surface area contributed by atoms with E-state index in [2.05, 4.69) is 45.9 Å². The van der Waals surface area contributed by atoms with Gasteiger partial charge in [0.15, 0.2) is 0 Å². The monoisotopic (exact) mass is 204 g/mol. The summed E-state index contributed by atoms with van der Waals surface area (Å²) < 4.78 is 5.34. The van der Waals surface area contributed by atoms with E-state index in [1.807, 2.05) is 0 Å². The minimum atomic E-state index is 1.01. The normalized spacial score (nSPS) is 9.93. The largest absolute Gasteiger partial charge is 0.496 e. The smallest absolute Gasteiger partial charge is 0.124 e. The van der Waals surface area contributed by atoms with Gasteiger partial charge in [-0.15, -0.1) is 0 Å². The van der Waals surface area contributed by atoms with Crippen molar-refractivity contribution in [2.45, 2.75) is 34.1 Å². The van der Waals surface area contributed by atoms with Crippen molar-refractivity contribution in [3.63, 3.8) is 0 Å². The van der Waals surface area contributed by atoms with Crippen LogP contribution in [0.4, 0.5) is 0 Å². The maximum absolute atomic E-state index is 5.34. The highest BCUT2D eigenvalue weighted by molar-refractivity contribution is 5.43. The number of ether oxygens (including phenoxy) is 1. The van der Waals surface area contributed by atoms with Gasteiger partial charge in [0, 0.05) is 0 Å². The molecule has 0 radical (unpaired) electrons. The Balaban J connectivity index is 2.98. The lowest BCUT2D eigenvalue weighted by Gasteiger charge is -2.10. The molecule has 15 heavy (non-hydrogen) atoms. The molecule has 1 aromatic rings. The molecule has 0 heterocycles. The average molecular weight is 204 g/mol. The quantitative estimate of drug-likeness (QED) is 0.680. The van der Waals surface area contributed by atoms with Gasteiger partial charge < -0.3 is 4.74 Å². The van der Waals surface area contributed by atoms with Crippen molar-refractivity contribution in [3.05, 3.63) is 40.5 Å². The molecular weight excluding hydrogens is 184 g/mol. The number of hydrogen-bond donors (Lipinski definition) is 0. The molecule has 1 rings (SSSR count). The minimum Gasteiger partial charge on any atom is -0.496 e. The van der Waals surface area contributed by atoms with Crippen molar-refractivity contribution in [3.8, 4) is 5.75 Å². The van der Waals surface area contributed by atoms with Crippen molar-refractivity contribution < 1.29 is 4.74 Å². The Morgan fingerprint density at radius 3 is 2.13 bits per heavy atom. The molecule has 0 saturated heterocycles. The Hall–Kier alpha value is -1.24. The fraction of sp³-hybridized carbons (Fsp3) is 0.429. The molecule has 0 spiro atoms. The number of rotatable bonds is 3. The van der Waals surface area contributed by atoms with E-state index in [0.717, 1.165) is 12.2 Å². The molecule has 0 aliphatic carbocycles. The van der Waals surface area contributed by atoms with E-state index in [-0.39, 0.29) is 0 Å². The van der Waals surface area contributed by atoms with Gasteiger partial charge in [0.05, 0.1) is 7.11 Å². The fourth-order valence-corrected chi connectivity index (χ4v) is 1.80. The predicted molar refractivity (Wildman–Crippen MR) is 65.6 cm³/mol. The second-order valence-electron chi connectivity index (χ2n) is 4.25. The van der Waals surface area contributed by atoms with Crippen molar-refractivity contribution in [2.75, 3.05) is 7.11 Å². The van der Waals surface area contributed by atoms with Crippen LogP contribution >= 0.6 is 0 Å². The highest BCUT2D eigenvalue weighted by atomic mass is 16.5. The van der Waals surface area contributed by atoms with Gasteiger partial charge in [0.1, 0.15) is 5.75 Å². The van der Waals surface area contributed by atoms with E-state index in [1.165, 1.54) is 22.3 Å². The molecule has 0 fully saturated rings. The number of allylic oxidation sites excluding steroid dienone is 2. The average Bonchev–Trinajstić information content (AvgIpc) is 2.14. The zero-order chi connectivity index (χ0) is 11.4. The molecule has 0 aliphatic heterocycles. The van der Waals surface area contributed by atoms with Gasteiger partial charge in [-0.3, -0.25) is 0 Å². The molecule has 0 aliphatic rings.